The minimum absolute atomic E-state index is 0.0237. The smallest absolute Gasteiger partial charge is 0.269 e. The summed E-state index contributed by atoms with van der Waals surface area (Å²) in [4.78, 5) is 20.4. The first-order valence-electron chi connectivity index (χ1n) is 8.14. The van der Waals surface area contributed by atoms with Gasteiger partial charge in [-0.25, -0.2) is 22.4 Å². The lowest BCUT2D eigenvalue weighted by Gasteiger charge is -2.09. The minimum atomic E-state index is -3.95. The van der Waals surface area contributed by atoms with Crippen molar-refractivity contribution in [3.05, 3.63) is 71.0 Å². The number of ether oxygens (including phenoxy) is 1. The third-order valence-electron chi connectivity index (χ3n) is 3.87. The Labute approximate surface area is 167 Å². The van der Waals surface area contributed by atoms with Crippen LogP contribution in [0.3, 0.4) is 0 Å². The summed E-state index contributed by atoms with van der Waals surface area (Å²) < 4.78 is 31.5. The second-order valence-corrected chi connectivity index (χ2v) is 8.11. The number of hydrogen-bond acceptors (Lipinski definition) is 6. The van der Waals surface area contributed by atoms with Crippen LogP contribution in [0.15, 0.2) is 53.9 Å². The number of methoxy groups -OCH3 is 1. The van der Waals surface area contributed by atoms with Gasteiger partial charge in [-0.1, -0.05) is 11.6 Å². The van der Waals surface area contributed by atoms with Crippen LogP contribution in [0.1, 0.15) is 21.7 Å². The zero-order valence-electron chi connectivity index (χ0n) is 15.1. The number of aromatic nitrogens is 3. The number of hydrogen-bond donors (Lipinski definition) is 1. The summed E-state index contributed by atoms with van der Waals surface area (Å²) in [6.07, 6.45) is 5.81. The van der Waals surface area contributed by atoms with Crippen LogP contribution in [0.4, 0.5) is 0 Å². The third-order valence-corrected chi connectivity index (χ3v) is 5.98. The van der Waals surface area contributed by atoms with Gasteiger partial charge in [-0.2, -0.15) is 0 Å². The van der Waals surface area contributed by atoms with E-state index in [1.807, 2.05) is 6.92 Å². The molecular formula is C18H17ClN4O4S. The molecule has 10 heteroatoms. The normalized spacial score (nSPS) is 11.2. The Balaban J connectivity index is 1.77. The minimum Gasteiger partial charge on any atom is -0.497 e. The SMILES string of the molecule is COc1ccc(S(=O)(=O)n2ccc(C(=O)NCc3ncc(C)cn3)c2)c(Cl)c1. The highest BCUT2D eigenvalue weighted by molar-refractivity contribution is 7.90. The quantitative estimate of drug-likeness (QED) is 0.656. The molecule has 8 nitrogen and oxygen atoms in total. The van der Waals surface area contributed by atoms with E-state index in [1.54, 1.807) is 12.4 Å². The molecule has 0 saturated carbocycles. The van der Waals surface area contributed by atoms with Crippen LogP contribution in [0.25, 0.3) is 0 Å². The van der Waals surface area contributed by atoms with Gasteiger partial charge in [-0.05, 0) is 30.7 Å². The topological polar surface area (TPSA) is 103 Å². The number of rotatable bonds is 6. The van der Waals surface area contributed by atoms with Crippen molar-refractivity contribution < 1.29 is 17.9 Å². The summed E-state index contributed by atoms with van der Waals surface area (Å²) in [7, 11) is -2.50. The van der Waals surface area contributed by atoms with Gasteiger partial charge in [0.1, 0.15) is 16.5 Å². The lowest BCUT2D eigenvalue weighted by molar-refractivity contribution is 0.0950. The fourth-order valence-electron chi connectivity index (χ4n) is 2.36. The van der Waals surface area contributed by atoms with Gasteiger partial charge in [-0.3, -0.25) is 4.79 Å². The van der Waals surface area contributed by atoms with Crippen LogP contribution in [0.2, 0.25) is 5.02 Å². The van der Waals surface area contributed by atoms with E-state index >= 15 is 0 Å². The Morgan fingerprint density at radius 2 is 1.96 bits per heavy atom. The molecule has 1 amide bonds. The lowest BCUT2D eigenvalue weighted by Crippen LogP contribution is -2.23. The summed E-state index contributed by atoms with van der Waals surface area (Å²) >= 11 is 6.07. The van der Waals surface area contributed by atoms with Crippen LogP contribution in [-0.4, -0.2) is 35.4 Å². The Bertz CT molecular complexity index is 1110. The van der Waals surface area contributed by atoms with Gasteiger partial charge in [0.05, 0.1) is 24.2 Å². The van der Waals surface area contributed by atoms with Gasteiger partial charge in [0.2, 0.25) is 0 Å². The molecule has 0 aliphatic heterocycles. The van der Waals surface area contributed by atoms with E-state index in [2.05, 4.69) is 15.3 Å². The number of halogens is 1. The van der Waals surface area contributed by atoms with E-state index in [-0.39, 0.29) is 22.0 Å². The molecule has 0 fully saturated rings. The summed E-state index contributed by atoms with van der Waals surface area (Å²) in [6.45, 7) is 1.99. The molecule has 0 aliphatic carbocycles. The molecule has 2 aromatic heterocycles. The van der Waals surface area contributed by atoms with Crippen LogP contribution in [0.5, 0.6) is 5.75 Å². The first-order valence-corrected chi connectivity index (χ1v) is 9.96. The average Bonchev–Trinajstić information content (AvgIpc) is 3.18. The highest BCUT2D eigenvalue weighted by atomic mass is 35.5. The standard InChI is InChI=1S/C18H17ClN4O4S/c1-12-8-20-17(21-9-12)10-22-18(24)13-5-6-23(11-13)28(25,26)16-4-3-14(27-2)7-15(16)19/h3-9,11H,10H2,1-2H3,(H,22,24). The Morgan fingerprint density at radius 3 is 2.61 bits per heavy atom. The molecular weight excluding hydrogens is 404 g/mol. The fraction of sp³-hybridized carbons (Fsp3) is 0.167. The van der Waals surface area contributed by atoms with Gasteiger partial charge in [0.25, 0.3) is 15.9 Å². The van der Waals surface area contributed by atoms with E-state index in [9.17, 15) is 13.2 Å². The molecule has 0 spiro atoms. The Morgan fingerprint density at radius 1 is 1.25 bits per heavy atom. The Kier molecular flexibility index (Phi) is 5.66. The maximum absolute atomic E-state index is 12.8. The van der Waals surface area contributed by atoms with Gasteiger partial charge in [0.15, 0.2) is 0 Å². The number of nitrogens with zero attached hydrogens (tertiary/aromatic N) is 3. The molecule has 28 heavy (non-hydrogen) atoms. The molecule has 1 N–H and O–H groups in total. The number of carbonyl (C=O) groups is 1. The van der Waals surface area contributed by atoms with Crippen molar-refractivity contribution in [1.29, 1.82) is 0 Å². The van der Waals surface area contributed by atoms with Crippen LogP contribution in [-0.2, 0) is 16.6 Å². The maximum Gasteiger partial charge on any atom is 0.269 e. The first-order chi connectivity index (χ1) is 13.3. The number of benzene rings is 1. The maximum atomic E-state index is 12.8. The van der Waals surface area contributed by atoms with E-state index in [4.69, 9.17) is 16.3 Å². The first kappa shape index (κ1) is 19.8. The summed E-state index contributed by atoms with van der Waals surface area (Å²) in [6, 6.07) is 5.66. The largest absolute Gasteiger partial charge is 0.497 e. The second-order valence-electron chi connectivity index (χ2n) is 5.89. The molecule has 0 aliphatic rings. The van der Waals surface area contributed by atoms with E-state index in [0.29, 0.717) is 11.6 Å². The second kappa shape index (κ2) is 7.99. The monoisotopic (exact) mass is 420 g/mol. The molecule has 0 atom stereocenters. The summed E-state index contributed by atoms with van der Waals surface area (Å²) in [5.41, 5.74) is 1.09. The van der Waals surface area contributed by atoms with Crippen molar-refractivity contribution >= 4 is 27.5 Å². The van der Waals surface area contributed by atoms with Crippen molar-refractivity contribution in [2.75, 3.05) is 7.11 Å². The third kappa shape index (κ3) is 4.15. The van der Waals surface area contributed by atoms with Crippen molar-refractivity contribution in [2.45, 2.75) is 18.4 Å². The Hall–Kier alpha value is -2.91. The number of amides is 1. The van der Waals surface area contributed by atoms with E-state index < -0.39 is 15.9 Å². The highest BCUT2D eigenvalue weighted by Gasteiger charge is 2.22. The van der Waals surface area contributed by atoms with E-state index in [1.165, 1.54) is 43.8 Å². The average molecular weight is 421 g/mol. The van der Waals surface area contributed by atoms with E-state index in [0.717, 1.165) is 9.54 Å². The zero-order chi connectivity index (χ0) is 20.3. The fourth-order valence-corrected chi connectivity index (χ4v) is 4.07. The van der Waals surface area contributed by atoms with Crippen molar-refractivity contribution in [2.24, 2.45) is 0 Å². The molecule has 0 radical (unpaired) electrons. The predicted octanol–water partition coefficient (Wildman–Crippen LogP) is 2.42. The summed E-state index contributed by atoms with van der Waals surface area (Å²) in [5, 5.41) is 2.67. The summed E-state index contributed by atoms with van der Waals surface area (Å²) in [5.74, 6) is 0.449. The predicted molar refractivity (Wildman–Crippen MR) is 103 cm³/mol. The number of nitrogens with one attached hydrogen (secondary N) is 1. The number of aryl methyl sites for hydroxylation is 1. The highest BCUT2D eigenvalue weighted by Crippen LogP contribution is 2.28. The molecule has 3 rings (SSSR count). The van der Waals surface area contributed by atoms with Crippen LogP contribution >= 0.6 is 11.6 Å². The molecule has 0 bridgehead atoms. The van der Waals surface area contributed by atoms with Gasteiger partial charge in [0, 0.05) is 30.9 Å². The molecule has 1 aromatic carbocycles. The molecule has 3 aromatic rings. The van der Waals surface area contributed by atoms with Crippen molar-refractivity contribution in [1.82, 2.24) is 19.3 Å². The molecule has 0 unspecified atom stereocenters. The van der Waals surface area contributed by atoms with Gasteiger partial charge in [-0.15, -0.1) is 0 Å². The molecule has 2 heterocycles. The van der Waals surface area contributed by atoms with Crippen molar-refractivity contribution in [3.63, 3.8) is 0 Å². The van der Waals surface area contributed by atoms with Crippen molar-refractivity contribution in [3.8, 4) is 5.75 Å². The van der Waals surface area contributed by atoms with Crippen LogP contribution < -0.4 is 10.1 Å². The van der Waals surface area contributed by atoms with Crippen LogP contribution in [0, 0.1) is 6.92 Å². The lowest BCUT2D eigenvalue weighted by atomic mass is 10.3. The van der Waals surface area contributed by atoms with Gasteiger partial charge < -0.3 is 10.1 Å². The molecule has 146 valence electrons. The zero-order valence-corrected chi connectivity index (χ0v) is 16.7. The van der Waals surface area contributed by atoms with Gasteiger partial charge >= 0.3 is 0 Å². The number of carbonyl (C=O) groups excluding carboxylic acids is 1. The molecule has 0 saturated heterocycles.